The molecule has 1 aromatic rings. The lowest BCUT2D eigenvalue weighted by Gasteiger charge is -2.31. The molecule has 0 spiro atoms. The van der Waals surface area contributed by atoms with E-state index in [1.807, 2.05) is 11.3 Å². The number of hydrogen-bond donors (Lipinski definition) is 0. The smallest absolute Gasteiger partial charge is 0.173 e. The second kappa shape index (κ2) is 4.95. The van der Waals surface area contributed by atoms with Crippen LogP contribution in [-0.4, -0.2) is 16.6 Å². The van der Waals surface area contributed by atoms with Crippen LogP contribution >= 0.6 is 11.3 Å². The van der Waals surface area contributed by atoms with Gasteiger partial charge >= 0.3 is 0 Å². The summed E-state index contributed by atoms with van der Waals surface area (Å²) < 4.78 is 6.31. The Morgan fingerprint density at radius 2 is 1.87 bits per heavy atom. The third-order valence-electron chi connectivity index (χ3n) is 2.14. The predicted molar refractivity (Wildman–Crippen MR) is 74.7 cm³/mol. The molecular formula is C11H22OSSi2. The van der Waals surface area contributed by atoms with Gasteiger partial charge in [-0.25, -0.2) is 0 Å². The normalized spacial score (nSPS) is 13.1. The van der Waals surface area contributed by atoms with Crippen molar-refractivity contribution in [1.82, 2.24) is 0 Å². The lowest BCUT2D eigenvalue weighted by molar-refractivity contribution is 0.547. The molecule has 1 nitrogen and oxygen atoms in total. The average Bonchev–Trinajstić information content (AvgIpc) is 2.47. The first-order chi connectivity index (χ1) is 6.79. The molecule has 0 aliphatic heterocycles. The molecule has 0 aliphatic carbocycles. The molecule has 4 heteroatoms. The molecule has 0 N–H and O–H groups in total. The molecule has 0 saturated carbocycles. The van der Waals surface area contributed by atoms with E-state index in [9.17, 15) is 0 Å². The van der Waals surface area contributed by atoms with Crippen LogP contribution in [0.25, 0.3) is 0 Å². The standard InChI is InChI=1S/C11H22OSSi2/c1-14(2,3)12-15(4,5)10-8-11-7-6-9-13-11/h6-7,9H,8,10H2,1-5H3. The van der Waals surface area contributed by atoms with Crippen LogP contribution in [0.15, 0.2) is 17.5 Å². The highest BCUT2D eigenvalue weighted by molar-refractivity contribution is 7.09. The summed E-state index contributed by atoms with van der Waals surface area (Å²) in [5, 5.41) is 2.16. The molecule has 0 saturated heterocycles. The van der Waals surface area contributed by atoms with E-state index in [0.29, 0.717) is 0 Å². The zero-order chi connectivity index (χ0) is 11.5. The summed E-state index contributed by atoms with van der Waals surface area (Å²) in [6.07, 6.45) is 1.20. The predicted octanol–water partition coefficient (Wildman–Crippen LogP) is 4.35. The van der Waals surface area contributed by atoms with Gasteiger partial charge in [-0.1, -0.05) is 6.07 Å². The summed E-state index contributed by atoms with van der Waals surface area (Å²) in [5.41, 5.74) is 0. The Labute approximate surface area is 99.7 Å². The molecule has 86 valence electrons. The maximum Gasteiger partial charge on any atom is 0.173 e. The van der Waals surface area contributed by atoms with Gasteiger partial charge in [0.15, 0.2) is 16.6 Å². The third-order valence-corrected chi connectivity index (χ3v) is 9.19. The fraction of sp³-hybridized carbons (Fsp3) is 0.636. The van der Waals surface area contributed by atoms with E-state index in [-0.39, 0.29) is 0 Å². The second-order valence-electron chi connectivity index (χ2n) is 5.55. The number of aryl methyl sites for hydroxylation is 1. The highest BCUT2D eigenvalue weighted by Crippen LogP contribution is 2.22. The summed E-state index contributed by atoms with van der Waals surface area (Å²) >= 11 is 1.86. The van der Waals surface area contributed by atoms with E-state index in [4.69, 9.17) is 4.12 Å². The van der Waals surface area contributed by atoms with Crippen molar-refractivity contribution in [3.63, 3.8) is 0 Å². The minimum absolute atomic E-state index is 1.20. The topological polar surface area (TPSA) is 9.23 Å². The molecule has 1 rings (SSSR count). The Balaban J connectivity index is 2.43. The lowest BCUT2D eigenvalue weighted by Crippen LogP contribution is -2.42. The van der Waals surface area contributed by atoms with Crippen molar-refractivity contribution in [2.75, 3.05) is 0 Å². The van der Waals surface area contributed by atoms with Crippen LogP contribution in [0.1, 0.15) is 4.88 Å². The van der Waals surface area contributed by atoms with E-state index in [2.05, 4.69) is 50.2 Å². The first-order valence-corrected chi connectivity index (χ1v) is 12.9. The minimum Gasteiger partial charge on any atom is -0.456 e. The summed E-state index contributed by atoms with van der Waals surface area (Å²) in [4.78, 5) is 1.50. The van der Waals surface area contributed by atoms with Crippen LogP contribution in [0.3, 0.4) is 0 Å². The summed E-state index contributed by atoms with van der Waals surface area (Å²) in [6, 6.07) is 5.61. The first kappa shape index (κ1) is 13.2. The largest absolute Gasteiger partial charge is 0.456 e. The van der Waals surface area contributed by atoms with Crippen LogP contribution in [0, 0.1) is 0 Å². The molecule has 1 heterocycles. The Hall–Kier alpha value is 0.0938. The molecule has 0 amide bonds. The Morgan fingerprint density at radius 1 is 1.20 bits per heavy atom. The molecule has 0 aliphatic rings. The van der Waals surface area contributed by atoms with Crippen LogP contribution in [0.4, 0.5) is 0 Å². The summed E-state index contributed by atoms with van der Waals surface area (Å²) in [7, 11) is -2.78. The number of hydrogen-bond acceptors (Lipinski definition) is 2. The maximum atomic E-state index is 6.31. The highest BCUT2D eigenvalue weighted by atomic mass is 32.1. The molecule has 0 aromatic carbocycles. The fourth-order valence-electron chi connectivity index (χ4n) is 1.76. The zero-order valence-electron chi connectivity index (χ0n) is 10.5. The van der Waals surface area contributed by atoms with Gasteiger partial charge in [0.1, 0.15) is 0 Å². The van der Waals surface area contributed by atoms with Crippen molar-refractivity contribution < 1.29 is 4.12 Å². The van der Waals surface area contributed by atoms with E-state index in [0.717, 1.165) is 0 Å². The Kier molecular flexibility index (Phi) is 4.34. The average molecular weight is 259 g/mol. The van der Waals surface area contributed by atoms with Crippen molar-refractivity contribution in [1.29, 1.82) is 0 Å². The van der Waals surface area contributed by atoms with E-state index in [1.54, 1.807) is 0 Å². The van der Waals surface area contributed by atoms with E-state index >= 15 is 0 Å². The quantitative estimate of drug-likeness (QED) is 0.714. The summed E-state index contributed by atoms with van der Waals surface area (Å²) in [5.74, 6) is 0. The zero-order valence-corrected chi connectivity index (χ0v) is 13.3. The molecule has 1 aromatic heterocycles. The monoisotopic (exact) mass is 258 g/mol. The van der Waals surface area contributed by atoms with Crippen molar-refractivity contribution in [3.8, 4) is 0 Å². The van der Waals surface area contributed by atoms with Crippen molar-refractivity contribution in [2.24, 2.45) is 0 Å². The summed E-state index contributed by atoms with van der Waals surface area (Å²) in [6.45, 7) is 11.5. The highest BCUT2D eigenvalue weighted by Gasteiger charge is 2.29. The first-order valence-electron chi connectivity index (χ1n) is 5.51. The van der Waals surface area contributed by atoms with Gasteiger partial charge in [0.25, 0.3) is 0 Å². The number of rotatable bonds is 5. The SMILES string of the molecule is C[Si](C)(C)O[Si](C)(C)CCc1cccs1. The van der Waals surface area contributed by atoms with E-state index in [1.165, 1.54) is 17.3 Å². The molecule has 0 unspecified atom stereocenters. The van der Waals surface area contributed by atoms with Gasteiger partial charge in [-0.05, 0) is 56.6 Å². The molecule has 15 heavy (non-hydrogen) atoms. The van der Waals surface area contributed by atoms with Crippen molar-refractivity contribution in [3.05, 3.63) is 22.4 Å². The second-order valence-corrected chi connectivity index (χ2v) is 15.6. The van der Waals surface area contributed by atoms with Gasteiger partial charge in [0, 0.05) is 4.88 Å². The molecular weight excluding hydrogens is 236 g/mol. The van der Waals surface area contributed by atoms with Gasteiger partial charge in [-0.2, -0.15) is 0 Å². The number of thiophene rings is 1. The molecule has 0 bridgehead atoms. The van der Waals surface area contributed by atoms with Crippen molar-refractivity contribution in [2.45, 2.75) is 45.2 Å². The Morgan fingerprint density at radius 3 is 2.33 bits per heavy atom. The van der Waals surface area contributed by atoms with Crippen LogP contribution < -0.4 is 0 Å². The third kappa shape index (κ3) is 5.65. The Bertz CT molecular complexity index is 288. The van der Waals surface area contributed by atoms with Crippen LogP contribution in [0.5, 0.6) is 0 Å². The van der Waals surface area contributed by atoms with Gasteiger partial charge in [0.2, 0.25) is 0 Å². The van der Waals surface area contributed by atoms with Crippen LogP contribution in [-0.2, 0) is 10.5 Å². The van der Waals surface area contributed by atoms with Gasteiger partial charge in [0.05, 0.1) is 0 Å². The van der Waals surface area contributed by atoms with E-state index < -0.39 is 16.6 Å². The maximum absolute atomic E-state index is 6.31. The van der Waals surface area contributed by atoms with Gasteiger partial charge in [-0.3, -0.25) is 0 Å². The molecule has 0 atom stereocenters. The van der Waals surface area contributed by atoms with Crippen molar-refractivity contribution >= 4 is 28.0 Å². The lowest BCUT2D eigenvalue weighted by atomic mass is 10.4. The molecule has 0 radical (unpaired) electrons. The molecule has 0 fully saturated rings. The van der Waals surface area contributed by atoms with Gasteiger partial charge < -0.3 is 4.12 Å². The fourth-order valence-corrected chi connectivity index (χ4v) is 10.6. The van der Waals surface area contributed by atoms with Crippen LogP contribution in [0.2, 0.25) is 38.8 Å². The minimum atomic E-state index is -1.43. The van der Waals surface area contributed by atoms with Gasteiger partial charge in [-0.15, -0.1) is 11.3 Å².